The Hall–Kier alpha value is -2.16. The van der Waals surface area contributed by atoms with Crippen LogP contribution < -0.4 is 10.6 Å². The zero-order chi connectivity index (χ0) is 24.3. The summed E-state index contributed by atoms with van der Waals surface area (Å²) in [4.78, 5) is 42.0. The van der Waals surface area contributed by atoms with E-state index >= 15 is 0 Å². The van der Waals surface area contributed by atoms with Crippen LogP contribution in [0.15, 0.2) is 24.3 Å². The zero-order valence-corrected chi connectivity index (χ0v) is 20.4. The maximum atomic E-state index is 13.7. The fraction of sp³-hybridized carbons (Fsp3) is 0.640. The predicted octanol–water partition coefficient (Wildman–Crippen LogP) is 2.73. The fourth-order valence-corrected chi connectivity index (χ4v) is 5.98. The Bertz CT molecular complexity index is 910. The van der Waals surface area contributed by atoms with Gasteiger partial charge in [0.05, 0.1) is 17.9 Å². The molecule has 3 heterocycles. The molecule has 2 bridgehead atoms. The third kappa shape index (κ3) is 4.55. The predicted molar refractivity (Wildman–Crippen MR) is 128 cm³/mol. The van der Waals surface area contributed by atoms with Crippen LogP contribution in [-0.4, -0.2) is 65.2 Å². The Morgan fingerprint density at radius 2 is 1.91 bits per heavy atom. The van der Waals surface area contributed by atoms with Crippen molar-refractivity contribution < 1.29 is 24.2 Å². The smallest absolute Gasteiger partial charge is 0.250 e. The van der Waals surface area contributed by atoms with Gasteiger partial charge in [0.15, 0.2) is 0 Å². The Kier molecular flexibility index (Phi) is 7.80. The van der Waals surface area contributed by atoms with Crippen molar-refractivity contribution in [3.05, 3.63) is 29.3 Å². The van der Waals surface area contributed by atoms with Gasteiger partial charge >= 0.3 is 0 Å². The first-order chi connectivity index (χ1) is 16.4. The molecule has 3 aliphatic heterocycles. The van der Waals surface area contributed by atoms with Crippen LogP contribution in [0.4, 0.5) is 5.69 Å². The number of aliphatic hydroxyl groups excluding tert-OH is 1. The molecule has 2 unspecified atom stereocenters. The molecule has 1 spiro atoms. The van der Waals surface area contributed by atoms with Crippen LogP contribution in [0.25, 0.3) is 0 Å². The number of hydrogen-bond donors (Lipinski definition) is 3. The van der Waals surface area contributed by atoms with Gasteiger partial charge in [0.25, 0.3) is 0 Å². The Labute approximate surface area is 205 Å². The second-order valence-corrected chi connectivity index (χ2v) is 9.95. The number of amides is 3. The van der Waals surface area contributed by atoms with E-state index in [1.165, 1.54) is 0 Å². The number of unbranched alkanes of at least 4 members (excludes halogenated alkanes) is 3. The normalized spacial score (nSPS) is 29.4. The standard InChI is InChI=1S/C25H34ClN3O5/c1-2-13-27-22(31)19-18-11-12-25(34-18)20(19)24(33)29(14-5-3-4-6-15-30)21(25)23(32)28-17-9-7-16(26)8-10-17/h7-10,18-21,30H,2-6,11-15H2,1H3,(H,27,31)(H,28,32)/t18-,19+,20-,21?,25?/m0/s1. The van der Waals surface area contributed by atoms with Crippen molar-refractivity contribution in [3.63, 3.8) is 0 Å². The van der Waals surface area contributed by atoms with Crippen LogP contribution in [0.5, 0.6) is 0 Å². The highest BCUT2D eigenvalue weighted by Gasteiger charge is 2.74. The first kappa shape index (κ1) is 24.9. The van der Waals surface area contributed by atoms with E-state index in [9.17, 15) is 14.4 Å². The van der Waals surface area contributed by atoms with E-state index < -0.39 is 23.5 Å². The second kappa shape index (κ2) is 10.6. The summed E-state index contributed by atoms with van der Waals surface area (Å²) >= 11 is 5.98. The van der Waals surface area contributed by atoms with Gasteiger partial charge in [-0.1, -0.05) is 31.4 Å². The van der Waals surface area contributed by atoms with Crippen molar-refractivity contribution in [1.29, 1.82) is 0 Å². The molecule has 0 radical (unpaired) electrons. The number of ether oxygens (including phenoxy) is 1. The number of halogens is 1. The SMILES string of the molecule is CCCNC(=O)[C@@H]1[C@@H]2CCC3(O2)C(C(=O)Nc2ccc(Cl)cc2)N(CCCCCCO)C(=O)[C@H]13. The summed E-state index contributed by atoms with van der Waals surface area (Å²) in [6, 6.07) is 6.04. The van der Waals surface area contributed by atoms with Crippen molar-refractivity contribution in [2.24, 2.45) is 11.8 Å². The van der Waals surface area contributed by atoms with Gasteiger partial charge in [0.2, 0.25) is 17.7 Å². The van der Waals surface area contributed by atoms with E-state index in [1.807, 2.05) is 6.92 Å². The van der Waals surface area contributed by atoms with Gasteiger partial charge in [-0.05, 0) is 56.4 Å². The molecule has 3 fully saturated rings. The Balaban J connectivity index is 1.59. The van der Waals surface area contributed by atoms with E-state index in [-0.39, 0.29) is 30.4 Å². The number of nitrogens with one attached hydrogen (secondary N) is 2. The summed E-state index contributed by atoms with van der Waals surface area (Å²) in [6.45, 7) is 3.09. The minimum atomic E-state index is -0.989. The minimum Gasteiger partial charge on any atom is -0.396 e. The molecule has 0 aromatic heterocycles. The summed E-state index contributed by atoms with van der Waals surface area (Å²) in [5.41, 5.74) is -0.396. The molecule has 186 valence electrons. The third-order valence-corrected chi connectivity index (χ3v) is 7.57. The lowest BCUT2D eigenvalue weighted by Crippen LogP contribution is -2.53. The molecule has 3 saturated heterocycles. The number of fused-ring (bicyclic) bond motifs is 1. The molecule has 5 atom stereocenters. The number of carbonyl (C=O) groups is 3. The highest BCUT2D eigenvalue weighted by atomic mass is 35.5. The lowest BCUT2D eigenvalue weighted by Gasteiger charge is -2.33. The summed E-state index contributed by atoms with van der Waals surface area (Å²) in [5.74, 6) is -1.85. The number of likely N-dealkylation sites (tertiary alicyclic amines) is 1. The van der Waals surface area contributed by atoms with E-state index in [0.717, 1.165) is 25.7 Å². The molecule has 3 aliphatic rings. The first-order valence-corrected chi connectivity index (χ1v) is 12.7. The maximum absolute atomic E-state index is 13.7. The molecule has 0 saturated carbocycles. The van der Waals surface area contributed by atoms with Crippen LogP contribution >= 0.6 is 11.6 Å². The van der Waals surface area contributed by atoms with Crippen molar-refractivity contribution in [2.45, 2.75) is 69.6 Å². The fourth-order valence-electron chi connectivity index (χ4n) is 5.85. The molecule has 34 heavy (non-hydrogen) atoms. The monoisotopic (exact) mass is 491 g/mol. The third-order valence-electron chi connectivity index (χ3n) is 7.32. The van der Waals surface area contributed by atoms with Crippen molar-refractivity contribution in [1.82, 2.24) is 10.2 Å². The van der Waals surface area contributed by atoms with E-state index in [0.29, 0.717) is 43.1 Å². The number of benzene rings is 1. The van der Waals surface area contributed by atoms with Gasteiger partial charge in [-0.2, -0.15) is 0 Å². The molecule has 8 nitrogen and oxygen atoms in total. The zero-order valence-electron chi connectivity index (χ0n) is 19.6. The molecule has 4 rings (SSSR count). The number of nitrogens with zero attached hydrogens (tertiary/aromatic N) is 1. The van der Waals surface area contributed by atoms with E-state index in [4.69, 9.17) is 21.4 Å². The molecular weight excluding hydrogens is 458 g/mol. The van der Waals surface area contributed by atoms with Crippen LogP contribution in [0, 0.1) is 11.8 Å². The number of carbonyl (C=O) groups excluding carboxylic acids is 3. The average Bonchev–Trinajstić information content (AvgIpc) is 3.46. The van der Waals surface area contributed by atoms with Crippen LogP contribution in [0.2, 0.25) is 5.02 Å². The largest absolute Gasteiger partial charge is 0.396 e. The average molecular weight is 492 g/mol. The second-order valence-electron chi connectivity index (χ2n) is 9.51. The number of hydrogen-bond acceptors (Lipinski definition) is 5. The highest BCUT2D eigenvalue weighted by molar-refractivity contribution is 6.30. The van der Waals surface area contributed by atoms with Crippen molar-refractivity contribution >= 4 is 35.0 Å². The first-order valence-electron chi connectivity index (χ1n) is 12.4. The number of aliphatic hydroxyl groups is 1. The van der Waals surface area contributed by atoms with Gasteiger partial charge in [0.1, 0.15) is 11.6 Å². The molecule has 0 aliphatic carbocycles. The van der Waals surface area contributed by atoms with Gasteiger partial charge < -0.3 is 25.4 Å². The summed E-state index contributed by atoms with van der Waals surface area (Å²) in [7, 11) is 0. The molecular formula is C25H34ClN3O5. The van der Waals surface area contributed by atoms with Gasteiger partial charge in [0, 0.05) is 30.4 Å². The summed E-state index contributed by atoms with van der Waals surface area (Å²) < 4.78 is 6.40. The summed E-state index contributed by atoms with van der Waals surface area (Å²) in [6.07, 6.45) is 4.82. The number of anilines is 1. The summed E-state index contributed by atoms with van der Waals surface area (Å²) in [5, 5.41) is 15.5. The van der Waals surface area contributed by atoms with Crippen LogP contribution in [0.1, 0.15) is 51.9 Å². The van der Waals surface area contributed by atoms with Crippen molar-refractivity contribution in [3.8, 4) is 0 Å². The van der Waals surface area contributed by atoms with E-state index in [1.54, 1.807) is 29.2 Å². The van der Waals surface area contributed by atoms with Gasteiger partial charge in [-0.3, -0.25) is 14.4 Å². The lowest BCUT2D eigenvalue weighted by molar-refractivity contribution is -0.140. The molecule has 1 aromatic rings. The molecule has 3 N–H and O–H groups in total. The number of rotatable bonds is 11. The molecule has 9 heteroatoms. The van der Waals surface area contributed by atoms with E-state index in [2.05, 4.69) is 10.6 Å². The minimum absolute atomic E-state index is 0.143. The van der Waals surface area contributed by atoms with Gasteiger partial charge in [-0.25, -0.2) is 0 Å². The van der Waals surface area contributed by atoms with Crippen LogP contribution in [-0.2, 0) is 19.1 Å². The highest BCUT2D eigenvalue weighted by Crippen LogP contribution is 2.58. The Morgan fingerprint density at radius 3 is 2.62 bits per heavy atom. The Morgan fingerprint density at radius 1 is 1.18 bits per heavy atom. The van der Waals surface area contributed by atoms with Crippen LogP contribution in [0.3, 0.4) is 0 Å². The quantitative estimate of drug-likeness (QED) is 0.412. The molecule has 3 amide bonds. The maximum Gasteiger partial charge on any atom is 0.250 e. The lowest BCUT2D eigenvalue weighted by atomic mass is 9.70. The van der Waals surface area contributed by atoms with Gasteiger partial charge in [-0.15, -0.1) is 0 Å². The van der Waals surface area contributed by atoms with Crippen molar-refractivity contribution in [2.75, 3.05) is 25.0 Å². The molecule has 1 aromatic carbocycles. The topological polar surface area (TPSA) is 108 Å².